The lowest BCUT2D eigenvalue weighted by Crippen LogP contribution is -2.48. The number of rotatable bonds is 3. The SMILES string of the molecule is CC1CNCC(N(C)CC2CCCOC2)C1. The number of likely N-dealkylation sites (N-methyl/N-ethyl adjacent to an activating group) is 1. The highest BCUT2D eigenvalue weighted by Crippen LogP contribution is 2.19. The number of nitrogens with zero attached hydrogens (tertiary/aromatic N) is 1. The van der Waals surface area contributed by atoms with Crippen molar-refractivity contribution in [3.63, 3.8) is 0 Å². The standard InChI is InChI=1S/C13H26N2O/c1-11-6-13(8-14-7-11)15(2)9-12-4-3-5-16-10-12/h11-14H,3-10H2,1-2H3. The molecule has 0 radical (unpaired) electrons. The van der Waals surface area contributed by atoms with E-state index in [0.717, 1.165) is 37.6 Å². The van der Waals surface area contributed by atoms with E-state index >= 15 is 0 Å². The number of piperidine rings is 1. The molecular weight excluding hydrogens is 200 g/mol. The highest BCUT2D eigenvalue weighted by atomic mass is 16.5. The van der Waals surface area contributed by atoms with Gasteiger partial charge in [-0.2, -0.15) is 0 Å². The van der Waals surface area contributed by atoms with Crippen LogP contribution in [0.5, 0.6) is 0 Å². The maximum Gasteiger partial charge on any atom is 0.0506 e. The van der Waals surface area contributed by atoms with E-state index in [1.54, 1.807) is 0 Å². The fourth-order valence-corrected chi connectivity index (χ4v) is 2.97. The molecule has 3 nitrogen and oxygen atoms in total. The van der Waals surface area contributed by atoms with Crippen molar-refractivity contribution in [3.8, 4) is 0 Å². The molecule has 0 bridgehead atoms. The summed E-state index contributed by atoms with van der Waals surface area (Å²) in [6, 6.07) is 0.727. The second-order valence-electron chi connectivity index (χ2n) is 5.68. The van der Waals surface area contributed by atoms with Gasteiger partial charge in [0, 0.05) is 25.7 Å². The van der Waals surface area contributed by atoms with Gasteiger partial charge in [-0.1, -0.05) is 6.92 Å². The molecule has 0 aromatic heterocycles. The van der Waals surface area contributed by atoms with Crippen LogP contribution in [-0.4, -0.2) is 50.8 Å². The van der Waals surface area contributed by atoms with Gasteiger partial charge in [-0.3, -0.25) is 0 Å². The summed E-state index contributed by atoms with van der Waals surface area (Å²) >= 11 is 0. The van der Waals surface area contributed by atoms with Crippen molar-refractivity contribution < 1.29 is 4.74 Å². The Labute approximate surface area is 99.5 Å². The van der Waals surface area contributed by atoms with E-state index in [-0.39, 0.29) is 0 Å². The summed E-state index contributed by atoms with van der Waals surface area (Å²) < 4.78 is 5.55. The Morgan fingerprint density at radius 1 is 1.38 bits per heavy atom. The minimum Gasteiger partial charge on any atom is -0.381 e. The fraction of sp³-hybridized carbons (Fsp3) is 1.00. The molecule has 0 aromatic carbocycles. The Bertz CT molecular complexity index is 204. The van der Waals surface area contributed by atoms with E-state index in [4.69, 9.17) is 4.74 Å². The van der Waals surface area contributed by atoms with Gasteiger partial charge in [0.05, 0.1) is 6.61 Å². The molecule has 3 heteroatoms. The van der Waals surface area contributed by atoms with Gasteiger partial charge in [0.2, 0.25) is 0 Å². The summed E-state index contributed by atoms with van der Waals surface area (Å²) in [6.07, 6.45) is 3.94. The smallest absolute Gasteiger partial charge is 0.0506 e. The molecule has 2 aliphatic heterocycles. The molecule has 0 amide bonds. The molecule has 0 aromatic rings. The second kappa shape index (κ2) is 5.99. The first kappa shape index (κ1) is 12.3. The number of hydrogen-bond acceptors (Lipinski definition) is 3. The van der Waals surface area contributed by atoms with Gasteiger partial charge in [-0.25, -0.2) is 0 Å². The van der Waals surface area contributed by atoms with Crippen LogP contribution in [0.1, 0.15) is 26.2 Å². The number of ether oxygens (including phenoxy) is 1. The molecule has 94 valence electrons. The van der Waals surface area contributed by atoms with E-state index in [0.29, 0.717) is 0 Å². The van der Waals surface area contributed by atoms with Crippen LogP contribution in [0.2, 0.25) is 0 Å². The van der Waals surface area contributed by atoms with E-state index in [9.17, 15) is 0 Å². The zero-order valence-corrected chi connectivity index (χ0v) is 10.7. The second-order valence-corrected chi connectivity index (χ2v) is 5.68. The zero-order valence-electron chi connectivity index (χ0n) is 10.7. The number of nitrogens with one attached hydrogen (secondary N) is 1. The van der Waals surface area contributed by atoms with Gasteiger partial charge in [0.25, 0.3) is 0 Å². The Hall–Kier alpha value is -0.120. The van der Waals surface area contributed by atoms with Crippen LogP contribution >= 0.6 is 0 Å². The first-order valence-electron chi connectivity index (χ1n) is 6.74. The van der Waals surface area contributed by atoms with E-state index < -0.39 is 0 Å². The van der Waals surface area contributed by atoms with Crippen molar-refractivity contribution in [3.05, 3.63) is 0 Å². The molecule has 2 saturated heterocycles. The van der Waals surface area contributed by atoms with Crippen LogP contribution in [0.3, 0.4) is 0 Å². The number of hydrogen-bond donors (Lipinski definition) is 1. The third kappa shape index (κ3) is 3.44. The molecule has 2 aliphatic rings. The van der Waals surface area contributed by atoms with Crippen LogP contribution in [0.4, 0.5) is 0 Å². The average molecular weight is 226 g/mol. The first-order chi connectivity index (χ1) is 7.75. The Morgan fingerprint density at radius 2 is 2.25 bits per heavy atom. The van der Waals surface area contributed by atoms with Gasteiger partial charge in [0.15, 0.2) is 0 Å². The van der Waals surface area contributed by atoms with Crippen molar-refractivity contribution >= 4 is 0 Å². The summed E-state index contributed by atoms with van der Waals surface area (Å²) in [5, 5.41) is 3.53. The quantitative estimate of drug-likeness (QED) is 0.786. The van der Waals surface area contributed by atoms with E-state index in [1.165, 1.54) is 32.4 Å². The van der Waals surface area contributed by atoms with Gasteiger partial charge < -0.3 is 15.0 Å². The summed E-state index contributed by atoms with van der Waals surface area (Å²) in [6.45, 7) is 7.85. The van der Waals surface area contributed by atoms with Crippen molar-refractivity contribution in [2.45, 2.75) is 32.2 Å². The summed E-state index contributed by atoms with van der Waals surface area (Å²) in [5.41, 5.74) is 0. The molecule has 3 atom stereocenters. The van der Waals surface area contributed by atoms with Gasteiger partial charge in [0.1, 0.15) is 0 Å². The van der Waals surface area contributed by atoms with Crippen LogP contribution in [0.15, 0.2) is 0 Å². The molecule has 0 saturated carbocycles. The average Bonchev–Trinajstić information content (AvgIpc) is 2.30. The molecule has 2 fully saturated rings. The molecule has 16 heavy (non-hydrogen) atoms. The Balaban J connectivity index is 1.75. The van der Waals surface area contributed by atoms with Gasteiger partial charge >= 0.3 is 0 Å². The molecule has 3 unspecified atom stereocenters. The molecule has 0 spiro atoms. The summed E-state index contributed by atoms with van der Waals surface area (Å²) in [5.74, 6) is 1.58. The van der Waals surface area contributed by atoms with Crippen molar-refractivity contribution in [1.82, 2.24) is 10.2 Å². The highest BCUT2D eigenvalue weighted by molar-refractivity contribution is 4.81. The molecule has 2 heterocycles. The van der Waals surface area contributed by atoms with Crippen LogP contribution in [0.25, 0.3) is 0 Å². The molecule has 0 aliphatic carbocycles. The van der Waals surface area contributed by atoms with Crippen LogP contribution < -0.4 is 5.32 Å². The third-order valence-corrected chi connectivity index (χ3v) is 3.97. The molecular formula is C13H26N2O. The minimum absolute atomic E-state index is 0.727. The zero-order chi connectivity index (χ0) is 11.4. The third-order valence-electron chi connectivity index (χ3n) is 3.97. The highest BCUT2D eigenvalue weighted by Gasteiger charge is 2.24. The van der Waals surface area contributed by atoms with Crippen molar-refractivity contribution in [2.24, 2.45) is 11.8 Å². The van der Waals surface area contributed by atoms with E-state index in [2.05, 4.69) is 24.2 Å². The maximum absolute atomic E-state index is 5.55. The normalized spacial score (nSPS) is 36.6. The van der Waals surface area contributed by atoms with Gasteiger partial charge in [-0.05, 0) is 44.7 Å². The largest absolute Gasteiger partial charge is 0.381 e. The van der Waals surface area contributed by atoms with Gasteiger partial charge in [-0.15, -0.1) is 0 Å². The Morgan fingerprint density at radius 3 is 2.94 bits per heavy atom. The Kier molecular flexibility index (Phi) is 4.62. The topological polar surface area (TPSA) is 24.5 Å². The summed E-state index contributed by atoms with van der Waals surface area (Å²) in [4.78, 5) is 2.54. The molecule has 2 rings (SSSR count). The lowest BCUT2D eigenvalue weighted by atomic mass is 9.95. The monoisotopic (exact) mass is 226 g/mol. The summed E-state index contributed by atoms with van der Waals surface area (Å²) in [7, 11) is 2.28. The van der Waals surface area contributed by atoms with Crippen LogP contribution in [0, 0.1) is 11.8 Å². The van der Waals surface area contributed by atoms with Crippen molar-refractivity contribution in [1.29, 1.82) is 0 Å². The lowest BCUT2D eigenvalue weighted by molar-refractivity contribution is 0.0326. The first-order valence-corrected chi connectivity index (χ1v) is 6.74. The van der Waals surface area contributed by atoms with Crippen LogP contribution in [-0.2, 0) is 4.74 Å². The lowest BCUT2D eigenvalue weighted by Gasteiger charge is -2.37. The molecule has 1 N–H and O–H groups in total. The maximum atomic E-state index is 5.55. The van der Waals surface area contributed by atoms with E-state index in [1.807, 2.05) is 0 Å². The fourth-order valence-electron chi connectivity index (χ4n) is 2.97. The predicted octanol–water partition coefficient (Wildman–Crippen LogP) is 1.34. The van der Waals surface area contributed by atoms with Crippen molar-refractivity contribution in [2.75, 3.05) is 39.9 Å². The predicted molar refractivity (Wildman–Crippen MR) is 66.6 cm³/mol. The minimum atomic E-state index is 0.727.